The van der Waals surface area contributed by atoms with E-state index in [0.717, 1.165) is 51.9 Å². The first-order chi connectivity index (χ1) is 14.2. The van der Waals surface area contributed by atoms with E-state index in [1.54, 1.807) is 0 Å². The van der Waals surface area contributed by atoms with Gasteiger partial charge in [-0.15, -0.1) is 0 Å². The molecule has 0 aromatic heterocycles. The van der Waals surface area contributed by atoms with E-state index in [1.807, 2.05) is 4.90 Å². The topological polar surface area (TPSA) is 55.9 Å². The monoisotopic (exact) mass is 420 g/mol. The SMILES string of the molecule is CCC(C)[C@H]1C(=O)N(CC2CCNCC2)CC2N(CC(C)C)[C@@H](CC(C)C)C(=O)N21. The van der Waals surface area contributed by atoms with Crippen molar-refractivity contribution in [1.29, 1.82) is 0 Å². The zero-order chi connectivity index (χ0) is 22.0. The second-order valence-corrected chi connectivity index (χ2v) is 10.7. The van der Waals surface area contributed by atoms with E-state index in [9.17, 15) is 9.59 Å². The Labute approximate surface area is 183 Å². The van der Waals surface area contributed by atoms with Crippen molar-refractivity contribution >= 4 is 11.8 Å². The summed E-state index contributed by atoms with van der Waals surface area (Å²) in [5, 5.41) is 3.43. The molecule has 3 aliphatic heterocycles. The Balaban J connectivity index is 1.91. The minimum absolute atomic E-state index is 0.0297. The van der Waals surface area contributed by atoms with Crippen LogP contribution in [0.15, 0.2) is 0 Å². The van der Waals surface area contributed by atoms with Crippen LogP contribution in [0.25, 0.3) is 0 Å². The van der Waals surface area contributed by atoms with Crippen molar-refractivity contribution in [3.05, 3.63) is 0 Å². The Morgan fingerprint density at radius 1 is 1.00 bits per heavy atom. The molecule has 3 fully saturated rings. The predicted molar refractivity (Wildman–Crippen MR) is 121 cm³/mol. The molecule has 1 N–H and O–H groups in total. The summed E-state index contributed by atoms with van der Waals surface area (Å²) in [6, 6.07) is -0.398. The van der Waals surface area contributed by atoms with Gasteiger partial charge in [0.25, 0.3) is 0 Å². The molecule has 3 saturated heterocycles. The molecule has 2 unspecified atom stereocenters. The normalized spacial score (nSPS) is 29.9. The zero-order valence-electron chi connectivity index (χ0n) is 20.1. The summed E-state index contributed by atoms with van der Waals surface area (Å²) in [5.41, 5.74) is 0. The average Bonchev–Trinajstić information content (AvgIpc) is 2.93. The Kier molecular flexibility index (Phi) is 7.83. The molecule has 0 saturated carbocycles. The van der Waals surface area contributed by atoms with Crippen molar-refractivity contribution in [1.82, 2.24) is 20.0 Å². The molecule has 0 spiro atoms. The van der Waals surface area contributed by atoms with Crippen LogP contribution in [0.1, 0.15) is 67.2 Å². The third-order valence-electron chi connectivity index (χ3n) is 7.28. The van der Waals surface area contributed by atoms with Crippen molar-refractivity contribution in [2.45, 2.75) is 85.5 Å². The molecule has 0 aromatic rings. The van der Waals surface area contributed by atoms with Gasteiger partial charge in [-0.3, -0.25) is 14.5 Å². The van der Waals surface area contributed by atoms with Gasteiger partial charge in [0.15, 0.2) is 0 Å². The van der Waals surface area contributed by atoms with Crippen LogP contribution in [0.2, 0.25) is 0 Å². The fraction of sp³-hybridized carbons (Fsp3) is 0.917. The third-order valence-corrected chi connectivity index (χ3v) is 7.28. The van der Waals surface area contributed by atoms with Crippen molar-refractivity contribution in [2.75, 3.05) is 32.7 Å². The summed E-state index contributed by atoms with van der Waals surface area (Å²) < 4.78 is 0. The minimum Gasteiger partial charge on any atom is -0.337 e. The largest absolute Gasteiger partial charge is 0.337 e. The summed E-state index contributed by atoms with van der Waals surface area (Å²) in [4.78, 5) is 33.8. The summed E-state index contributed by atoms with van der Waals surface area (Å²) in [6.45, 7) is 17.6. The maximum atomic E-state index is 13.6. The van der Waals surface area contributed by atoms with Crippen LogP contribution >= 0.6 is 0 Å². The van der Waals surface area contributed by atoms with Crippen LogP contribution in [-0.2, 0) is 9.59 Å². The van der Waals surface area contributed by atoms with Gasteiger partial charge in [-0.05, 0) is 56.0 Å². The van der Waals surface area contributed by atoms with Crippen molar-refractivity contribution in [3.63, 3.8) is 0 Å². The lowest BCUT2D eigenvalue weighted by Crippen LogP contribution is -2.65. The molecule has 0 aliphatic carbocycles. The lowest BCUT2D eigenvalue weighted by atomic mass is 9.91. The summed E-state index contributed by atoms with van der Waals surface area (Å²) >= 11 is 0. The van der Waals surface area contributed by atoms with Gasteiger partial charge in [0.1, 0.15) is 12.2 Å². The lowest BCUT2D eigenvalue weighted by Gasteiger charge is -2.47. The van der Waals surface area contributed by atoms with E-state index in [0.29, 0.717) is 24.3 Å². The molecule has 0 radical (unpaired) electrons. The molecule has 0 bridgehead atoms. The number of hydrogen-bond acceptors (Lipinski definition) is 4. The van der Waals surface area contributed by atoms with E-state index in [2.05, 4.69) is 56.7 Å². The third kappa shape index (κ3) is 4.85. The number of piperazine rings is 1. The first kappa shape index (κ1) is 23.5. The number of rotatable bonds is 8. The molecule has 6 heteroatoms. The number of fused-ring (bicyclic) bond motifs is 1. The van der Waals surface area contributed by atoms with Gasteiger partial charge in [-0.25, -0.2) is 0 Å². The van der Waals surface area contributed by atoms with Crippen molar-refractivity contribution in [2.24, 2.45) is 23.7 Å². The number of carbonyl (C=O) groups is 2. The van der Waals surface area contributed by atoms with Gasteiger partial charge in [0, 0.05) is 13.1 Å². The molecule has 6 nitrogen and oxygen atoms in total. The highest BCUT2D eigenvalue weighted by molar-refractivity contribution is 5.93. The molecule has 2 amide bonds. The fourth-order valence-corrected chi connectivity index (χ4v) is 5.57. The Hall–Kier alpha value is -1.14. The summed E-state index contributed by atoms with van der Waals surface area (Å²) in [6.07, 6.45) is 4.08. The Morgan fingerprint density at radius 2 is 1.67 bits per heavy atom. The molecular weight excluding hydrogens is 376 g/mol. The van der Waals surface area contributed by atoms with Gasteiger partial charge in [-0.2, -0.15) is 0 Å². The number of amides is 2. The van der Waals surface area contributed by atoms with Gasteiger partial charge in [0.2, 0.25) is 11.8 Å². The average molecular weight is 421 g/mol. The van der Waals surface area contributed by atoms with E-state index >= 15 is 0 Å². The molecule has 0 aromatic carbocycles. The first-order valence-corrected chi connectivity index (χ1v) is 12.3. The van der Waals surface area contributed by atoms with Gasteiger partial charge in [-0.1, -0.05) is 48.0 Å². The van der Waals surface area contributed by atoms with Crippen LogP contribution in [-0.4, -0.2) is 77.5 Å². The maximum absolute atomic E-state index is 13.6. The second kappa shape index (κ2) is 9.99. The van der Waals surface area contributed by atoms with Crippen molar-refractivity contribution < 1.29 is 9.59 Å². The summed E-state index contributed by atoms with van der Waals surface area (Å²) in [7, 11) is 0. The van der Waals surface area contributed by atoms with E-state index < -0.39 is 0 Å². The molecule has 3 heterocycles. The van der Waals surface area contributed by atoms with Crippen LogP contribution < -0.4 is 5.32 Å². The highest BCUT2D eigenvalue weighted by Gasteiger charge is 2.55. The molecule has 4 atom stereocenters. The highest BCUT2D eigenvalue weighted by atomic mass is 16.2. The summed E-state index contributed by atoms with van der Waals surface area (Å²) in [5.74, 6) is 2.07. The van der Waals surface area contributed by atoms with E-state index in [1.165, 1.54) is 0 Å². The second-order valence-electron chi connectivity index (χ2n) is 10.7. The van der Waals surface area contributed by atoms with Crippen molar-refractivity contribution in [3.8, 4) is 0 Å². The van der Waals surface area contributed by atoms with Gasteiger partial charge < -0.3 is 15.1 Å². The number of hydrogen-bond donors (Lipinski definition) is 1. The number of piperidine rings is 1. The van der Waals surface area contributed by atoms with Crippen LogP contribution in [0.4, 0.5) is 0 Å². The minimum atomic E-state index is -0.310. The molecular formula is C24H44N4O2. The standard InChI is InChI=1S/C24H44N4O2/c1-7-18(6)22-24(30)26(14-19-8-10-25-11-9-19)15-21-27(13-17(4)5)20(12-16(2)3)23(29)28(21)22/h16-22,25H,7-15H2,1-6H3/t18?,20-,21?,22-/m0/s1. The molecule has 3 aliphatic rings. The fourth-order valence-electron chi connectivity index (χ4n) is 5.57. The Bertz CT molecular complexity index is 602. The van der Waals surface area contributed by atoms with Crippen LogP contribution in [0.5, 0.6) is 0 Å². The zero-order valence-corrected chi connectivity index (χ0v) is 20.1. The van der Waals surface area contributed by atoms with Crippen LogP contribution in [0.3, 0.4) is 0 Å². The number of nitrogens with zero attached hydrogens (tertiary/aromatic N) is 3. The quantitative estimate of drug-likeness (QED) is 0.656. The maximum Gasteiger partial charge on any atom is 0.245 e. The first-order valence-electron chi connectivity index (χ1n) is 12.3. The number of nitrogens with one attached hydrogen (secondary N) is 1. The van der Waals surface area contributed by atoms with E-state index in [-0.39, 0.29) is 36.0 Å². The highest BCUT2D eigenvalue weighted by Crippen LogP contribution is 2.36. The van der Waals surface area contributed by atoms with Gasteiger partial charge >= 0.3 is 0 Å². The predicted octanol–water partition coefficient (Wildman–Crippen LogP) is 2.78. The number of carbonyl (C=O) groups excluding carboxylic acids is 2. The Morgan fingerprint density at radius 3 is 2.23 bits per heavy atom. The van der Waals surface area contributed by atoms with Gasteiger partial charge in [0.05, 0.1) is 12.6 Å². The molecule has 3 rings (SSSR count). The van der Waals surface area contributed by atoms with E-state index in [4.69, 9.17) is 0 Å². The van der Waals surface area contributed by atoms with Crippen LogP contribution in [0, 0.1) is 23.7 Å². The molecule has 30 heavy (non-hydrogen) atoms. The molecule has 172 valence electrons. The smallest absolute Gasteiger partial charge is 0.245 e. The lowest BCUT2D eigenvalue weighted by molar-refractivity contribution is -0.157.